The van der Waals surface area contributed by atoms with Gasteiger partial charge in [-0.1, -0.05) is 0 Å². The molecule has 4 amide bonds. The summed E-state index contributed by atoms with van der Waals surface area (Å²) in [5.74, 6) is -7.27. The number of aliphatic carboxylic acids is 2. The number of aliphatic hydroxyl groups excluding tert-OH is 1. The first kappa shape index (κ1) is 27.1. The Kier molecular flexibility index (Phi) is 11.4. The molecule has 0 heterocycles. The fraction of sp³-hybridized carbons (Fsp3) is 0.600. The summed E-state index contributed by atoms with van der Waals surface area (Å²) in [7, 11) is 0. The van der Waals surface area contributed by atoms with E-state index < -0.39 is 78.7 Å². The maximum absolute atomic E-state index is 12.4. The van der Waals surface area contributed by atoms with Crippen LogP contribution in [0.2, 0.25) is 0 Å². The lowest BCUT2D eigenvalue weighted by atomic mass is 10.1. The number of carbonyl (C=O) groups excluding carboxylic acids is 4. The molecule has 170 valence electrons. The lowest BCUT2D eigenvalue weighted by Gasteiger charge is -2.25. The van der Waals surface area contributed by atoms with Crippen LogP contribution in [0.5, 0.6) is 0 Å². The van der Waals surface area contributed by atoms with Gasteiger partial charge in [0, 0.05) is 5.75 Å². The number of carboxylic acids is 2. The molecule has 14 nitrogen and oxygen atoms in total. The lowest BCUT2D eigenvalue weighted by Crippen LogP contribution is -2.60. The zero-order chi connectivity index (χ0) is 23.6. The highest BCUT2D eigenvalue weighted by atomic mass is 32.1. The van der Waals surface area contributed by atoms with Crippen LogP contribution < -0.4 is 27.4 Å². The molecular weight excluding hydrogens is 426 g/mol. The fourth-order valence-electron chi connectivity index (χ4n) is 2.08. The number of rotatable bonds is 13. The predicted octanol–water partition coefficient (Wildman–Crippen LogP) is -4.49. The Morgan fingerprint density at radius 1 is 0.900 bits per heavy atom. The number of nitrogens with one attached hydrogen (secondary N) is 3. The number of thiol groups is 1. The Balaban J connectivity index is 5.21. The summed E-state index contributed by atoms with van der Waals surface area (Å²) in [6.45, 7) is 1.12. The Morgan fingerprint density at radius 3 is 1.83 bits per heavy atom. The van der Waals surface area contributed by atoms with Crippen molar-refractivity contribution in [3.8, 4) is 0 Å². The molecule has 0 rings (SSSR count). The lowest BCUT2D eigenvalue weighted by molar-refractivity contribution is -0.147. The highest BCUT2D eigenvalue weighted by Crippen LogP contribution is 2.01. The van der Waals surface area contributed by atoms with E-state index in [4.69, 9.17) is 21.7 Å². The minimum absolute atomic E-state index is 0.258. The molecule has 5 atom stereocenters. The smallest absolute Gasteiger partial charge is 0.326 e. The molecule has 0 radical (unpaired) electrons. The van der Waals surface area contributed by atoms with E-state index in [0.29, 0.717) is 0 Å². The van der Waals surface area contributed by atoms with Crippen molar-refractivity contribution in [2.45, 2.75) is 50.0 Å². The van der Waals surface area contributed by atoms with E-state index in [1.165, 1.54) is 0 Å². The normalized spacial score (nSPS) is 15.6. The minimum atomic E-state index is -1.81. The average molecular weight is 451 g/mol. The minimum Gasteiger partial charge on any atom is -0.481 e. The number of amides is 4. The summed E-state index contributed by atoms with van der Waals surface area (Å²) >= 11 is 3.90. The van der Waals surface area contributed by atoms with E-state index in [2.05, 4.69) is 23.3 Å². The maximum Gasteiger partial charge on any atom is 0.326 e. The summed E-state index contributed by atoms with van der Waals surface area (Å²) in [5, 5.41) is 33.7. The summed E-state index contributed by atoms with van der Waals surface area (Å²) in [6.07, 6.45) is -2.93. The molecule has 0 aliphatic rings. The quantitative estimate of drug-likeness (QED) is 0.121. The van der Waals surface area contributed by atoms with Gasteiger partial charge in [0.15, 0.2) is 0 Å². The Morgan fingerprint density at radius 2 is 1.43 bits per heavy atom. The summed E-state index contributed by atoms with van der Waals surface area (Å²) in [6, 6.07) is -6.14. The molecule has 0 aromatic carbocycles. The van der Waals surface area contributed by atoms with Gasteiger partial charge in [-0.15, -0.1) is 0 Å². The molecule has 5 unspecified atom stereocenters. The van der Waals surface area contributed by atoms with Crippen LogP contribution in [-0.2, 0) is 28.8 Å². The summed E-state index contributed by atoms with van der Waals surface area (Å²) in [4.78, 5) is 69.1. The summed E-state index contributed by atoms with van der Waals surface area (Å²) < 4.78 is 0. The first-order chi connectivity index (χ1) is 13.8. The van der Waals surface area contributed by atoms with E-state index in [0.717, 1.165) is 6.92 Å². The van der Waals surface area contributed by atoms with Gasteiger partial charge in [0.05, 0.1) is 25.0 Å². The van der Waals surface area contributed by atoms with Gasteiger partial charge in [0.2, 0.25) is 23.6 Å². The number of hydrogen-bond acceptors (Lipinski definition) is 9. The molecule has 0 bridgehead atoms. The molecule has 0 fully saturated rings. The monoisotopic (exact) mass is 451 g/mol. The molecule has 0 spiro atoms. The van der Waals surface area contributed by atoms with E-state index in [-0.39, 0.29) is 5.75 Å². The number of carboxylic acid groups (broad SMARTS) is 2. The number of carbonyl (C=O) groups is 6. The van der Waals surface area contributed by atoms with Crippen LogP contribution in [0.4, 0.5) is 0 Å². The highest BCUT2D eigenvalue weighted by molar-refractivity contribution is 7.80. The molecule has 0 aliphatic heterocycles. The van der Waals surface area contributed by atoms with Crippen LogP contribution >= 0.6 is 12.6 Å². The molecule has 30 heavy (non-hydrogen) atoms. The second kappa shape index (κ2) is 12.6. The van der Waals surface area contributed by atoms with Crippen molar-refractivity contribution in [2.24, 2.45) is 11.5 Å². The van der Waals surface area contributed by atoms with Crippen LogP contribution in [0.1, 0.15) is 19.8 Å². The molecule has 15 heteroatoms. The van der Waals surface area contributed by atoms with Crippen molar-refractivity contribution < 1.29 is 44.1 Å². The molecule has 0 aliphatic carbocycles. The first-order valence-corrected chi connectivity index (χ1v) is 9.11. The van der Waals surface area contributed by atoms with Crippen LogP contribution in [0.3, 0.4) is 0 Å². The zero-order valence-corrected chi connectivity index (χ0v) is 16.8. The Hall–Kier alpha value is -2.91. The molecule has 0 aromatic heterocycles. The van der Waals surface area contributed by atoms with E-state index in [1.807, 2.05) is 5.32 Å². The number of hydrogen-bond donors (Lipinski definition) is 9. The topological polar surface area (TPSA) is 251 Å². The van der Waals surface area contributed by atoms with Gasteiger partial charge in [0.1, 0.15) is 18.1 Å². The number of nitrogens with two attached hydrogens (primary N) is 2. The zero-order valence-electron chi connectivity index (χ0n) is 15.9. The molecule has 10 N–H and O–H groups in total. The van der Waals surface area contributed by atoms with Crippen molar-refractivity contribution in [1.29, 1.82) is 0 Å². The van der Waals surface area contributed by atoms with Crippen molar-refractivity contribution >= 4 is 48.2 Å². The molecular formula is C15H25N5O9S. The standard InChI is InChI=1S/C15H25N5O9S/c1-5(21)11(14(27)18-7(15(28)29)3-10(23)24)20-13(26)8(4-30)19-12(25)6(16)2-9(17)22/h5-8,11,21,30H,2-4,16H2,1H3,(H2,17,22)(H,18,27)(H,19,25)(H,20,26)(H,23,24)(H,28,29). The van der Waals surface area contributed by atoms with Crippen molar-refractivity contribution in [3.63, 3.8) is 0 Å². The van der Waals surface area contributed by atoms with Crippen molar-refractivity contribution in [3.05, 3.63) is 0 Å². The second-order valence-corrected chi connectivity index (χ2v) is 6.61. The Labute approximate surface area is 176 Å². The maximum atomic E-state index is 12.4. The largest absolute Gasteiger partial charge is 0.481 e. The van der Waals surface area contributed by atoms with Crippen molar-refractivity contribution in [1.82, 2.24) is 16.0 Å². The SMILES string of the molecule is CC(O)C(NC(=O)C(CS)NC(=O)C(N)CC(N)=O)C(=O)NC(CC(=O)O)C(=O)O. The fourth-order valence-corrected chi connectivity index (χ4v) is 2.33. The van der Waals surface area contributed by atoms with Gasteiger partial charge in [-0.2, -0.15) is 12.6 Å². The van der Waals surface area contributed by atoms with Gasteiger partial charge in [-0.05, 0) is 6.92 Å². The predicted molar refractivity (Wildman–Crippen MR) is 103 cm³/mol. The van der Waals surface area contributed by atoms with Crippen LogP contribution in [0.15, 0.2) is 0 Å². The second-order valence-electron chi connectivity index (χ2n) is 6.24. The third-order valence-electron chi connectivity index (χ3n) is 3.63. The third kappa shape index (κ3) is 9.53. The molecule has 0 saturated carbocycles. The molecule has 0 saturated heterocycles. The average Bonchev–Trinajstić information content (AvgIpc) is 2.61. The first-order valence-electron chi connectivity index (χ1n) is 8.48. The van der Waals surface area contributed by atoms with Crippen LogP contribution in [-0.4, -0.2) is 86.9 Å². The van der Waals surface area contributed by atoms with Crippen LogP contribution in [0, 0.1) is 0 Å². The Bertz CT molecular complexity index is 687. The van der Waals surface area contributed by atoms with Gasteiger partial charge >= 0.3 is 11.9 Å². The van der Waals surface area contributed by atoms with E-state index in [9.17, 15) is 33.9 Å². The summed E-state index contributed by atoms with van der Waals surface area (Å²) in [5.41, 5.74) is 10.4. The van der Waals surface area contributed by atoms with Gasteiger partial charge in [-0.3, -0.25) is 24.0 Å². The van der Waals surface area contributed by atoms with Gasteiger partial charge in [0.25, 0.3) is 0 Å². The number of aliphatic hydroxyl groups is 1. The van der Waals surface area contributed by atoms with E-state index in [1.54, 1.807) is 0 Å². The number of primary amides is 1. The third-order valence-corrected chi connectivity index (χ3v) is 3.99. The van der Waals surface area contributed by atoms with Crippen molar-refractivity contribution in [2.75, 3.05) is 5.75 Å². The molecule has 0 aromatic rings. The van der Waals surface area contributed by atoms with Crippen LogP contribution in [0.25, 0.3) is 0 Å². The highest BCUT2D eigenvalue weighted by Gasteiger charge is 2.33. The van der Waals surface area contributed by atoms with E-state index >= 15 is 0 Å². The van der Waals surface area contributed by atoms with Gasteiger partial charge < -0.3 is 42.7 Å². The van der Waals surface area contributed by atoms with Gasteiger partial charge in [-0.25, -0.2) is 4.79 Å².